The van der Waals surface area contributed by atoms with Gasteiger partial charge >= 0.3 is 11.9 Å². The summed E-state index contributed by atoms with van der Waals surface area (Å²) in [6.07, 6.45) is 9.48. The number of hydrogen-bond acceptors (Lipinski definition) is 5. The van der Waals surface area contributed by atoms with E-state index in [-0.39, 0.29) is 35.5 Å². The standard InChI is InChI=1S/C23H34O5/c1-14(24)19-11-12-23(4)21(9-10-22(23)28-16(3)26)20(19)8-6-17-5-7-18(13-17)27-15(2)25/h5,18-22H,6-13H2,1-4H3/t18-,19+,20+,21-,22-,23-/m0/s1. The molecule has 3 rings (SSSR count). The normalized spacial score (nSPS) is 37.1. The molecular formula is C23H34O5. The molecule has 3 aliphatic carbocycles. The SMILES string of the molecule is CC(=O)O[C@H]1CC=C(CC[C@@H]2[C@@H](C(C)=O)CC[C@]3(C)[C@@H](OC(C)=O)CC[C@@H]23)C1. The Kier molecular flexibility index (Phi) is 6.31. The summed E-state index contributed by atoms with van der Waals surface area (Å²) in [6, 6.07) is 0. The van der Waals surface area contributed by atoms with Crippen molar-refractivity contribution in [2.45, 2.75) is 91.3 Å². The monoisotopic (exact) mass is 390 g/mol. The summed E-state index contributed by atoms with van der Waals surface area (Å²) < 4.78 is 11.0. The molecule has 0 aromatic heterocycles. The zero-order valence-corrected chi connectivity index (χ0v) is 17.7. The van der Waals surface area contributed by atoms with Gasteiger partial charge in [0.05, 0.1) is 0 Å². The van der Waals surface area contributed by atoms with Crippen molar-refractivity contribution in [3.63, 3.8) is 0 Å². The van der Waals surface area contributed by atoms with Gasteiger partial charge in [-0.1, -0.05) is 18.6 Å². The van der Waals surface area contributed by atoms with Crippen LogP contribution in [0.4, 0.5) is 0 Å². The van der Waals surface area contributed by atoms with Crippen LogP contribution in [0, 0.1) is 23.2 Å². The molecule has 0 aromatic rings. The maximum atomic E-state index is 12.4. The highest BCUT2D eigenvalue weighted by molar-refractivity contribution is 5.78. The second-order valence-electron chi connectivity index (χ2n) is 9.28. The quantitative estimate of drug-likeness (QED) is 0.497. The Morgan fingerprint density at radius 2 is 1.79 bits per heavy atom. The van der Waals surface area contributed by atoms with Crippen molar-refractivity contribution in [2.24, 2.45) is 23.2 Å². The minimum absolute atomic E-state index is 0.0208. The number of hydrogen-bond donors (Lipinski definition) is 0. The van der Waals surface area contributed by atoms with Gasteiger partial charge < -0.3 is 9.47 Å². The fourth-order valence-corrected chi connectivity index (χ4v) is 6.18. The van der Waals surface area contributed by atoms with Crippen molar-refractivity contribution in [3.8, 4) is 0 Å². The molecule has 0 radical (unpaired) electrons. The molecule has 0 N–H and O–H groups in total. The van der Waals surface area contributed by atoms with E-state index in [1.54, 1.807) is 6.92 Å². The third kappa shape index (κ3) is 4.33. The van der Waals surface area contributed by atoms with Crippen LogP contribution in [-0.4, -0.2) is 29.9 Å². The Labute approximate surface area is 168 Å². The smallest absolute Gasteiger partial charge is 0.302 e. The fourth-order valence-electron chi connectivity index (χ4n) is 6.18. The predicted octanol–water partition coefficient (Wildman–Crippen LogP) is 4.38. The molecule has 5 heteroatoms. The minimum atomic E-state index is -0.221. The molecule has 0 aliphatic heterocycles. The number of rotatable bonds is 6. The van der Waals surface area contributed by atoms with Gasteiger partial charge in [0, 0.05) is 38.0 Å². The molecule has 0 aromatic carbocycles. The Morgan fingerprint density at radius 3 is 2.43 bits per heavy atom. The van der Waals surface area contributed by atoms with Crippen LogP contribution in [0.5, 0.6) is 0 Å². The van der Waals surface area contributed by atoms with Gasteiger partial charge in [0.25, 0.3) is 0 Å². The van der Waals surface area contributed by atoms with Crippen LogP contribution in [0.1, 0.15) is 79.1 Å². The lowest BCUT2D eigenvalue weighted by molar-refractivity contribution is -0.156. The molecule has 28 heavy (non-hydrogen) atoms. The molecule has 156 valence electrons. The van der Waals surface area contributed by atoms with Gasteiger partial charge in [-0.25, -0.2) is 0 Å². The molecule has 2 saturated carbocycles. The maximum absolute atomic E-state index is 12.4. The van der Waals surface area contributed by atoms with E-state index in [2.05, 4.69) is 13.0 Å². The lowest BCUT2D eigenvalue weighted by Gasteiger charge is -2.47. The van der Waals surface area contributed by atoms with Crippen molar-refractivity contribution < 1.29 is 23.9 Å². The molecule has 6 atom stereocenters. The molecule has 2 fully saturated rings. The predicted molar refractivity (Wildman–Crippen MR) is 105 cm³/mol. The van der Waals surface area contributed by atoms with E-state index >= 15 is 0 Å². The van der Waals surface area contributed by atoms with E-state index in [0.717, 1.165) is 51.4 Å². The number of Topliss-reactive ketones (excluding diaryl/α,β-unsaturated/α-hetero) is 1. The number of fused-ring (bicyclic) bond motifs is 1. The lowest BCUT2D eigenvalue weighted by atomic mass is 9.58. The van der Waals surface area contributed by atoms with Gasteiger partial charge in [-0.05, 0) is 57.3 Å². The van der Waals surface area contributed by atoms with Crippen LogP contribution >= 0.6 is 0 Å². The van der Waals surface area contributed by atoms with Gasteiger partial charge in [-0.2, -0.15) is 0 Å². The largest absolute Gasteiger partial charge is 0.462 e. The molecule has 0 bridgehead atoms. The van der Waals surface area contributed by atoms with Crippen LogP contribution in [0.15, 0.2) is 11.6 Å². The van der Waals surface area contributed by atoms with Gasteiger partial charge in [-0.3, -0.25) is 14.4 Å². The maximum Gasteiger partial charge on any atom is 0.302 e. The van der Waals surface area contributed by atoms with E-state index in [9.17, 15) is 14.4 Å². The van der Waals surface area contributed by atoms with Crippen LogP contribution in [0.3, 0.4) is 0 Å². The van der Waals surface area contributed by atoms with Crippen molar-refractivity contribution in [1.29, 1.82) is 0 Å². The highest BCUT2D eigenvalue weighted by Crippen LogP contribution is 2.58. The number of carbonyl (C=O) groups is 3. The summed E-state index contributed by atoms with van der Waals surface area (Å²) in [5.74, 6) is 0.740. The van der Waals surface area contributed by atoms with Gasteiger partial charge in [0.2, 0.25) is 0 Å². The zero-order chi connectivity index (χ0) is 20.5. The molecule has 0 spiro atoms. The Morgan fingerprint density at radius 1 is 1.07 bits per heavy atom. The first kappa shape index (κ1) is 21.1. The van der Waals surface area contributed by atoms with Gasteiger partial charge in [0.15, 0.2) is 0 Å². The Bertz CT molecular complexity index is 666. The van der Waals surface area contributed by atoms with Crippen molar-refractivity contribution >= 4 is 17.7 Å². The van der Waals surface area contributed by atoms with Crippen LogP contribution in [-0.2, 0) is 23.9 Å². The molecule has 0 heterocycles. The summed E-state index contributed by atoms with van der Waals surface area (Å²) in [4.78, 5) is 35.1. The first-order chi connectivity index (χ1) is 13.2. The Balaban J connectivity index is 1.67. The number of ether oxygens (including phenoxy) is 2. The third-order valence-electron chi connectivity index (χ3n) is 7.47. The molecule has 0 unspecified atom stereocenters. The number of esters is 2. The van der Waals surface area contributed by atoms with Gasteiger partial charge in [-0.15, -0.1) is 0 Å². The molecule has 0 saturated heterocycles. The topological polar surface area (TPSA) is 69.7 Å². The van der Waals surface area contributed by atoms with Crippen LogP contribution in [0.2, 0.25) is 0 Å². The average Bonchev–Trinajstić information content (AvgIpc) is 3.16. The minimum Gasteiger partial charge on any atom is -0.462 e. The molecule has 0 amide bonds. The highest BCUT2D eigenvalue weighted by Gasteiger charge is 2.55. The highest BCUT2D eigenvalue weighted by atomic mass is 16.5. The summed E-state index contributed by atoms with van der Waals surface area (Å²) in [5, 5.41) is 0. The van der Waals surface area contributed by atoms with E-state index in [1.807, 2.05) is 0 Å². The Hall–Kier alpha value is -1.65. The first-order valence-corrected chi connectivity index (χ1v) is 10.7. The fraction of sp³-hybridized carbons (Fsp3) is 0.783. The van der Waals surface area contributed by atoms with E-state index in [1.165, 1.54) is 19.4 Å². The molecule has 5 nitrogen and oxygen atoms in total. The van der Waals surface area contributed by atoms with E-state index in [0.29, 0.717) is 17.6 Å². The van der Waals surface area contributed by atoms with Gasteiger partial charge in [0.1, 0.15) is 18.0 Å². The van der Waals surface area contributed by atoms with E-state index in [4.69, 9.17) is 9.47 Å². The van der Waals surface area contributed by atoms with Crippen molar-refractivity contribution in [3.05, 3.63) is 11.6 Å². The molecular weight excluding hydrogens is 356 g/mol. The van der Waals surface area contributed by atoms with Crippen molar-refractivity contribution in [1.82, 2.24) is 0 Å². The van der Waals surface area contributed by atoms with E-state index < -0.39 is 0 Å². The molecule has 3 aliphatic rings. The van der Waals surface area contributed by atoms with Crippen LogP contribution in [0.25, 0.3) is 0 Å². The summed E-state index contributed by atoms with van der Waals surface area (Å²) in [6.45, 7) is 6.93. The number of carbonyl (C=O) groups excluding carboxylic acids is 3. The second-order valence-corrected chi connectivity index (χ2v) is 9.28. The summed E-state index contributed by atoms with van der Waals surface area (Å²) in [7, 11) is 0. The summed E-state index contributed by atoms with van der Waals surface area (Å²) in [5.41, 5.74) is 1.32. The lowest BCUT2D eigenvalue weighted by Crippen LogP contribution is -2.46. The van der Waals surface area contributed by atoms with Crippen molar-refractivity contribution in [2.75, 3.05) is 0 Å². The first-order valence-electron chi connectivity index (χ1n) is 10.7. The average molecular weight is 391 g/mol. The summed E-state index contributed by atoms with van der Waals surface area (Å²) >= 11 is 0. The second kappa shape index (κ2) is 8.38. The number of ketones is 1. The third-order valence-corrected chi connectivity index (χ3v) is 7.47. The zero-order valence-electron chi connectivity index (χ0n) is 17.7. The van der Waals surface area contributed by atoms with Crippen LogP contribution < -0.4 is 0 Å².